The second-order valence-electron chi connectivity index (χ2n) is 5.02. The zero-order valence-electron chi connectivity index (χ0n) is 14.1. The fourth-order valence-corrected chi connectivity index (χ4v) is 1.40. The van der Waals surface area contributed by atoms with Gasteiger partial charge in [-0.2, -0.15) is 0 Å². The summed E-state index contributed by atoms with van der Waals surface area (Å²) in [6.07, 6.45) is 1.26. The van der Waals surface area contributed by atoms with Crippen molar-refractivity contribution in [3.05, 3.63) is 30.0 Å². The molecule has 0 aliphatic rings. The number of ether oxygens (including phenoxy) is 1. The van der Waals surface area contributed by atoms with E-state index in [1.165, 1.54) is 0 Å². The smallest absolute Gasteiger partial charge is 0.412 e. The standard InChI is InChI=1S/C15H22N2O2.C2H6/c1-6-13-7-8-14(16-12(13)5)17-15(18)19-9-11(4)10(2)3;1-2/h6-8,10-11H,1,9H2,2-5H3,(H,16,17,18);1-2H3. The Morgan fingerprint density at radius 1 is 1.38 bits per heavy atom. The molecule has 1 heterocycles. The Balaban J connectivity index is 0.00000191. The Kier molecular flexibility index (Phi) is 9.10. The summed E-state index contributed by atoms with van der Waals surface area (Å²) in [7, 11) is 0. The number of pyridine rings is 1. The predicted octanol–water partition coefficient (Wildman–Crippen LogP) is 4.90. The van der Waals surface area contributed by atoms with Gasteiger partial charge in [-0.15, -0.1) is 0 Å². The van der Waals surface area contributed by atoms with Crippen LogP contribution in [0.1, 0.15) is 45.9 Å². The summed E-state index contributed by atoms with van der Waals surface area (Å²) in [4.78, 5) is 15.9. The van der Waals surface area contributed by atoms with Crippen molar-refractivity contribution < 1.29 is 9.53 Å². The first-order valence-electron chi connectivity index (χ1n) is 7.48. The second kappa shape index (κ2) is 9.97. The molecule has 4 heteroatoms. The van der Waals surface area contributed by atoms with Crippen LogP contribution >= 0.6 is 0 Å². The number of aryl methyl sites for hydroxylation is 1. The average Bonchev–Trinajstić information content (AvgIpc) is 2.47. The molecular weight excluding hydrogens is 264 g/mol. The van der Waals surface area contributed by atoms with Crippen LogP contribution in [0.4, 0.5) is 10.6 Å². The maximum absolute atomic E-state index is 11.6. The van der Waals surface area contributed by atoms with Gasteiger partial charge in [-0.1, -0.05) is 47.3 Å². The van der Waals surface area contributed by atoms with E-state index in [0.717, 1.165) is 11.3 Å². The van der Waals surface area contributed by atoms with E-state index in [1.807, 2.05) is 26.8 Å². The van der Waals surface area contributed by atoms with Crippen molar-refractivity contribution in [2.24, 2.45) is 11.8 Å². The minimum absolute atomic E-state index is 0.337. The van der Waals surface area contributed by atoms with Crippen molar-refractivity contribution in [3.63, 3.8) is 0 Å². The van der Waals surface area contributed by atoms with E-state index < -0.39 is 6.09 Å². The Morgan fingerprint density at radius 3 is 2.48 bits per heavy atom. The molecule has 118 valence electrons. The van der Waals surface area contributed by atoms with Gasteiger partial charge in [0.25, 0.3) is 0 Å². The molecule has 1 aromatic rings. The number of rotatable bonds is 5. The van der Waals surface area contributed by atoms with Gasteiger partial charge in [0, 0.05) is 5.69 Å². The molecule has 0 spiro atoms. The Labute approximate surface area is 128 Å². The molecule has 1 aromatic heterocycles. The first-order chi connectivity index (χ1) is 9.93. The van der Waals surface area contributed by atoms with Gasteiger partial charge in [0.1, 0.15) is 5.82 Å². The monoisotopic (exact) mass is 292 g/mol. The SMILES string of the molecule is C=Cc1ccc(NC(=O)OCC(C)C(C)C)nc1C.CC. The normalized spacial score (nSPS) is 11.2. The minimum atomic E-state index is -0.467. The number of hydrogen-bond donors (Lipinski definition) is 1. The zero-order chi connectivity index (χ0) is 16.4. The Morgan fingerprint density at radius 2 is 2.00 bits per heavy atom. The van der Waals surface area contributed by atoms with E-state index in [2.05, 4.69) is 37.7 Å². The Bertz CT molecular complexity index is 456. The minimum Gasteiger partial charge on any atom is -0.449 e. The highest BCUT2D eigenvalue weighted by Crippen LogP contribution is 2.13. The lowest BCUT2D eigenvalue weighted by Gasteiger charge is -2.15. The van der Waals surface area contributed by atoms with Gasteiger partial charge in [-0.25, -0.2) is 9.78 Å². The highest BCUT2D eigenvalue weighted by Gasteiger charge is 2.11. The molecule has 1 rings (SSSR count). The number of nitrogens with zero attached hydrogens (tertiary/aromatic N) is 1. The molecular formula is C17H28N2O2. The van der Waals surface area contributed by atoms with Crippen molar-refractivity contribution in [1.29, 1.82) is 0 Å². The van der Waals surface area contributed by atoms with E-state index in [1.54, 1.807) is 12.1 Å². The molecule has 1 unspecified atom stereocenters. The maximum Gasteiger partial charge on any atom is 0.412 e. The van der Waals surface area contributed by atoms with Crippen molar-refractivity contribution in [2.45, 2.75) is 41.5 Å². The number of aromatic nitrogens is 1. The van der Waals surface area contributed by atoms with Crippen LogP contribution in [0, 0.1) is 18.8 Å². The lowest BCUT2D eigenvalue weighted by molar-refractivity contribution is 0.133. The molecule has 1 N–H and O–H groups in total. The first-order valence-corrected chi connectivity index (χ1v) is 7.48. The molecule has 0 bridgehead atoms. The fraction of sp³-hybridized carbons (Fsp3) is 0.529. The summed E-state index contributed by atoms with van der Waals surface area (Å²) in [5, 5.41) is 2.62. The zero-order valence-corrected chi connectivity index (χ0v) is 14.1. The van der Waals surface area contributed by atoms with Gasteiger partial charge in [0.05, 0.1) is 6.61 Å². The van der Waals surface area contributed by atoms with Crippen LogP contribution in [-0.4, -0.2) is 17.7 Å². The highest BCUT2D eigenvalue weighted by molar-refractivity contribution is 5.83. The molecule has 0 radical (unpaired) electrons. The van der Waals surface area contributed by atoms with E-state index in [0.29, 0.717) is 24.3 Å². The largest absolute Gasteiger partial charge is 0.449 e. The van der Waals surface area contributed by atoms with Gasteiger partial charge in [-0.3, -0.25) is 5.32 Å². The van der Waals surface area contributed by atoms with Crippen molar-refractivity contribution in [3.8, 4) is 0 Å². The third-order valence-corrected chi connectivity index (χ3v) is 3.19. The summed E-state index contributed by atoms with van der Waals surface area (Å²) < 4.78 is 5.16. The average molecular weight is 292 g/mol. The van der Waals surface area contributed by atoms with E-state index in [4.69, 9.17) is 4.74 Å². The second-order valence-corrected chi connectivity index (χ2v) is 5.02. The van der Waals surface area contributed by atoms with Crippen LogP contribution in [0.5, 0.6) is 0 Å². The summed E-state index contributed by atoms with van der Waals surface area (Å²) in [5.74, 6) is 1.31. The van der Waals surface area contributed by atoms with Gasteiger partial charge in [-0.05, 0) is 36.5 Å². The fourth-order valence-electron chi connectivity index (χ4n) is 1.40. The number of nitrogens with one attached hydrogen (secondary N) is 1. The Hall–Kier alpha value is -1.84. The van der Waals surface area contributed by atoms with Crippen LogP contribution < -0.4 is 5.32 Å². The molecule has 0 aromatic carbocycles. The maximum atomic E-state index is 11.6. The molecule has 0 fully saturated rings. The molecule has 0 saturated carbocycles. The molecule has 0 aliphatic carbocycles. The molecule has 0 saturated heterocycles. The lowest BCUT2D eigenvalue weighted by Crippen LogP contribution is -2.20. The molecule has 0 aliphatic heterocycles. The first kappa shape index (κ1) is 19.2. The van der Waals surface area contributed by atoms with Crippen LogP contribution in [-0.2, 0) is 4.74 Å². The number of carbonyl (C=O) groups is 1. The highest BCUT2D eigenvalue weighted by atomic mass is 16.5. The van der Waals surface area contributed by atoms with Crippen LogP contribution in [0.3, 0.4) is 0 Å². The van der Waals surface area contributed by atoms with Crippen molar-refractivity contribution in [2.75, 3.05) is 11.9 Å². The molecule has 1 amide bonds. The van der Waals surface area contributed by atoms with Crippen molar-refractivity contribution >= 4 is 18.0 Å². The summed E-state index contributed by atoms with van der Waals surface area (Å²) >= 11 is 0. The third kappa shape index (κ3) is 6.93. The van der Waals surface area contributed by atoms with E-state index >= 15 is 0 Å². The van der Waals surface area contributed by atoms with Gasteiger partial charge < -0.3 is 4.74 Å². The van der Waals surface area contributed by atoms with E-state index in [9.17, 15) is 4.79 Å². The third-order valence-electron chi connectivity index (χ3n) is 3.19. The van der Waals surface area contributed by atoms with Gasteiger partial charge >= 0.3 is 6.09 Å². The summed E-state index contributed by atoms with van der Waals surface area (Å²) in [5.41, 5.74) is 1.77. The molecule has 21 heavy (non-hydrogen) atoms. The predicted molar refractivity (Wildman–Crippen MR) is 89.4 cm³/mol. The van der Waals surface area contributed by atoms with Crippen LogP contribution in [0.15, 0.2) is 18.7 Å². The van der Waals surface area contributed by atoms with Crippen LogP contribution in [0.25, 0.3) is 6.08 Å². The summed E-state index contributed by atoms with van der Waals surface area (Å²) in [6.45, 7) is 16.2. The lowest BCUT2D eigenvalue weighted by atomic mass is 10.00. The number of carbonyl (C=O) groups excluding carboxylic acids is 1. The van der Waals surface area contributed by atoms with Gasteiger partial charge in [0.15, 0.2) is 0 Å². The quantitative estimate of drug-likeness (QED) is 0.839. The van der Waals surface area contributed by atoms with E-state index in [-0.39, 0.29) is 0 Å². The number of hydrogen-bond acceptors (Lipinski definition) is 3. The van der Waals surface area contributed by atoms with Crippen molar-refractivity contribution in [1.82, 2.24) is 4.98 Å². The topological polar surface area (TPSA) is 51.2 Å². The number of anilines is 1. The molecule has 4 nitrogen and oxygen atoms in total. The van der Waals surface area contributed by atoms with Gasteiger partial charge in [0.2, 0.25) is 0 Å². The molecule has 1 atom stereocenters. The summed E-state index contributed by atoms with van der Waals surface area (Å²) in [6, 6.07) is 3.60. The van der Waals surface area contributed by atoms with Crippen LogP contribution in [0.2, 0.25) is 0 Å². The number of amides is 1.